The second kappa shape index (κ2) is 5.93. The molecule has 3 heterocycles. The highest BCUT2D eigenvalue weighted by Gasteiger charge is 2.45. The maximum Gasteiger partial charge on any atom is 0.254 e. The number of likely N-dealkylation sites (N-methyl/N-ethyl adjacent to an activating group) is 1. The maximum absolute atomic E-state index is 12.9. The van der Waals surface area contributed by atoms with Crippen LogP contribution in [0.15, 0.2) is 10.6 Å². The van der Waals surface area contributed by atoms with Gasteiger partial charge >= 0.3 is 0 Å². The Morgan fingerprint density at radius 2 is 1.29 bits per heavy atom. The van der Waals surface area contributed by atoms with E-state index in [4.69, 9.17) is 0 Å². The van der Waals surface area contributed by atoms with E-state index >= 15 is 0 Å². The first kappa shape index (κ1) is 15.9. The minimum atomic E-state index is -0.224. The van der Waals surface area contributed by atoms with Crippen molar-refractivity contribution in [2.45, 2.75) is 76.0 Å². The number of hydrogen-bond acceptors (Lipinski definition) is 1. The largest absolute Gasteiger partial charge is 0.337 e. The Morgan fingerprint density at radius 3 is 1.76 bits per heavy atom. The van der Waals surface area contributed by atoms with Crippen molar-refractivity contribution in [1.82, 2.24) is 4.90 Å². The lowest BCUT2D eigenvalue weighted by atomic mass is 10.2. The number of rotatable bonds is 2. The molecule has 4 atom stereocenters. The zero-order valence-electron chi connectivity index (χ0n) is 14.1. The van der Waals surface area contributed by atoms with E-state index < -0.39 is 0 Å². The van der Waals surface area contributed by atoms with E-state index in [1.54, 1.807) is 5.31 Å². The first-order chi connectivity index (χ1) is 9.91. The van der Waals surface area contributed by atoms with Crippen LogP contribution < -0.4 is 0 Å². The molecule has 3 aliphatic rings. The lowest BCUT2D eigenvalue weighted by Gasteiger charge is -2.27. The summed E-state index contributed by atoms with van der Waals surface area (Å²) in [5, 5.41) is 2.94. The van der Waals surface area contributed by atoms with Crippen LogP contribution in [0.25, 0.3) is 0 Å². The Kier molecular flexibility index (Phi) is 4.51. The summed E-state index contributed by atoms with van der Waals surface area (Å²) in [4.78, 5) is 14.9. The highest BCUT2D eigenvalue weighted by atomic mass is 31.1. The van der Waals surface area contributed by atoms with E-state index in [1.807, 2.05) is 11.9 Å². The van der Waals surface area contributed by atoms with Crippen molar-refractivity contribution >= 4 is 21.8 Å². The molecule has 0 saturated carbocycles. The summed E-state index contributed by atoms with van der Waals surface area (Å²) in [6.45, 7) is 10.6. The van der Waals surface area contributed by atoms with Gasteiger partial charge in [-0.3, -0.25) is 4.79 Å². The van der Waals surface area contributed by atoms with Crippen LogP contribution in [-0.4, -0.2) is 47.0 Å². The van der Waals surface area contributed by atoms with Crippen molar-refractivity contribution in [3.05, 3.63) is 10.6 Å². The Bertz CT molecular complexity index is 455. The fraction of sp³-hybridized carbons (Fsp3) is 0.824. The summed E-state index contributed by atoms with van der Waals surface area (Å²) >= 11 is 0. The van der Waals surface area contributed by atoms with Crippen LogP contribution in [-0.2, 0) is 4.79 Å². The van der Waals surface area contributed by atoms with Crippen molar-refractivity contribution in [2.24, 2.45) is 0 Å². The molecule has 3 aliphatic heterocycles. The van der Waals surface area contributed by atoms with Crippen LogP contribution in [0.3, 0.4) is 0 Å². The molecule has 0 aromatic heterocycles. The molecule has 4 heteroatoms. The van der Waals surface area contributed by atoms with Gasteiger partial charge < -0.3 is 4.90 Å². The maximum atomic E-state index is 12.9. The summed E-state index contributed by atoms with van der Waals surface area (Å²) in [5.74, 6) is 0.380. The highest BCUT2D eigenvalue weighted by Crippen LogP contribution is 2.70. The average Bonchev–Trinajstić information content (AvgIpc) is 3.02. The van der Waals surface area contributed by atoms with Crippen molar-refractivity contribution in [3.8, 4) is 0 Å². The molecule has 0 N–H and O–H groups in total. The van der Waals surface area contributed by atoms with Gasteiger partial charge in [0.05, 0.1) is 0 Å². The Morgan fingerprint density at radius 1 is 0.857 bits per heavy atom. The van der Waals surface area contributed by atoms with Crippen LogP contribution in [0.2, 0.25) is 0 Å². The molecule has 2 saturated heterocycles. The van der Waals surface area contributed by atoms with Gasteiger partial charge in [-0.2, -0.15) is 0 Å². The fourth-order valence-corrected chi connectivity index (χ4v) is 12.1. The highest BCUT2D eigenvalue weighted by molar-refractivity contribution is 7.69. The number of amides is 1. The second-order valence-electron chi connectivity index (χ2n) is 7.32. The van der Waals surface area contributed by atoms with Gasteiger partial charge in [0.1, 0.15) is 0 Å². The van der Waals surface area contributed by atoms with Crippen LogP contribution in [0.5, 0.6) is 0 Å². The van der Waals surface area contributed by atoms with Gasteiger partial charge in [0.25, 0.3) is 5.91 Å². The number of hydrogen-bond donors (Lipinski definition) is 0. The number of carbonyl (C=O) groups excluding carboxylic acids is 1. The van der Waals surface area contributed by atoms with E-state index in [-0.39, 0.29) is 15.8 Å². The van der Waals surface area contributed by atoms with Gasteiger partial charge in [0.15, 0.2) is 0 Å². The third kappa shape index (κ3) is 2.61. The second-order valence-corrected chi connectivity index (χ2v) is 13.5. The minimum Gasteiger partial charge on any atom is -0.337 e. The van der Waals surface area contributed by atoms with Crippen LogP contribution in [0.1, 0.15) is 53.4 Å². The van der Waals surface area contributed by atoms with Gasteiger partial charge in [-0.15, -0.1) is 0 Å². The lowest BCUT2D eigenvalue weighted by Crippen LogP contribution is -2.22. The molecule has 2 nitrogen and oxygen atoms in total. The quantitative estimate of drug-likeness (QED) is 0.669. The standard InChI is InChI=1S/C17H29NOP2/c1-11-6-7-12(2)20(11)15-10-18(5)17(19)16(15)21-13(3)8-9-14(21)4/h11-14H,6-10H2,1-5H3/t11-,12-,13-,14-/m1/s1. The molecule has 0 spiro atoms. The molecule has 0 aromatic carbocycles. The van der Waals surface area contributed by atoms with Crippen molar-refractivity contribution in [2.75, 3.05) is 13.6 Å². The normalized spacial score (nSPS) is 39.1. The molecular formula is C17H29NOP2. The average molecular weight is 325 g/mol. The molecule has 0 bridgehead atoms. The first-order valence-corrected chi connectivity index (χ1v) is 11.4. The lowest BCUT2D eigenvalue weighted by molar-refractivity contribution is -0.123. The molecule has 3 rings (SSSR count). The topological polar surface area (TPSA) is 20.3 Å². The van der Waals surface area contributed by atoms with Gasteiger partial charge in [0.2, 0.25) is 0 Å². The van der Waals surface area contributed by atoms with E-state index in [0.29, 0.717) is 5.91 Å². The van der Waals surface area contributed by atoms with Crippen molar-refractivity contribution in [1.29, 1.82) is 0 Å². The van der Waals surface area contributed by atoms with Gasteiger partial charge in [0, 0.05) is 18.9 Å². The molecule has 0 unspecified atom stereocenters. The SMILES string of the molecule is C[C@@H]1CC[C@@H](C)P1C1=C(P2[C@H](C)CC[C@H]2C)C(=O)N(C)C1. The van der Waals surface area contributed by atoms with E-state index in [9.17, 15) is 4.79 Å². The van der Waals surface area contributed by atoms with Gasteiger partial charge in [-0.1, -0.05) is 43.5 Å². The van der Waals surface area contributed by atoms with Gasteiger partial charge in [-0.05, 0) is 53.6 Å². The third-order valence-corrected chi connectivity index (χ3v) is 12.7. The molecule has 0 radical (unpaired) electrons. The molecule has 2 fully saturated rings. The summed E-state index contributed by atoms with van der Waals surface area (Å²) in [5.41, 5.74) is 3.14. The fourth-order valence-electron chi connectivity index (χ4n) is 4.50. The Balaban J connectivity index is 2.02. The van der Waals surface area contributed by atoms with Crippen LogP contribution in [0.4, 0.5) is 0 Å². The molecule has 21 heavy (non-hydrogen) atoms. The summed E-state index contributed by atoms with van der Waals surface area (Å²) in [6.07, 6.45) is 5.38. The Labute approximate surface area is 132 Å². The zero-order valence-corrected chi connectivity index (χ0v) is 15.9. The van der Waals surface area contributed by atoms with E-state index in [0.717, 1.165) is 29.2 Å². The summed E-state index contributed by atoms with van der Waals surface area (Å²) in [7, 11) is 1.71. The van der Waals surface area contributed by atoms with Gasteiger partial charge in [-0.25, -0.2) is 0 Å². The zero-order chi connectivity index (χ0) is 15.3. The smallest absolute Gasteiger partial charge is 0.254 e. The number of carbonyl (C=O) groups is 1. The molecular weight excluding hydrogens is 296 g/mol. The molecule has 0 aromatic rings. The summed E-state index contributed by atoms with van der Waals surface area (Å²) < 4.78 is 0. The number of nitrogens with zero attached hydrogens (tertiary/aromatic N) is 1. The minimum absolute atomic E-state index is 0.0821. The first-order valence-electron chi connectivity index (χ1n) is 8.47. The van der Waals surface area contributed by atoms with E-state index in [1.165, 1.54) is 31.0 Å². The third-order valence-electron chi connectivity index (χ3n) is 5.68. The van der Waals surface area contributed by atoms with E-state index in [2.05, 4.69) is 27.7 Å². The summed E-state index contributed by atoms with van der Waals surface area (Å²) in [6, 6.07) is 0. The molecule has 118 valence electrons. The molecule has 1 amide bonds. The predicted octanol–water partition coefficient (Wildman–Crippen LogP) is 4.78. The Hall–Kier alpha value is 0.0700. The van der Waals surface area contributed by atoms with Crippen LogP contribution in [0, 0.1) is 0 Å². The predicted molar refractivity (Wildman–Crippen MR) is 94.8 cm³/mol. The van der Waals surface area contributed by atoms with Crippen molar-refractivity contribution in [3.63, 3.8) is 0 Å². The van der Waals surface area contributed by atoms with Crippen molar-refractivity contribution < 1.29 is 4.79 Å². The monoisotopic (exact) mass is 325 g/mol. The molecule has 0 aliphatic carbocycles. The van der Waals surface area contributed by atoms with Crippen LogP contribution >= 0.6 is 15.8 Å².